The number of rotatable bonds is 4. The first-order valence-corrected chi connectivity index (χ1v) is 7.89. The van der Waals surface area contributed by atoms with E-state index < -0.39 is 6.09 Å². The fourth-order valence-corrected chi connectivity index (χ4v) is 3.18. The molecule has 2 aromatic carbocycles. The highest BCUT2D eigenvalue weighted by Gasteiger charge is 2.14. The first-order chi connectivity index (χ1) is 11.4. The van der Waals surface area contributed by atoms with Crippen molar-refractivity contribution in [2.24, 2.45) is 0 Å². The van der Waals surface area contributed by atoms with Crippen molar-refractivity contribution in [1.29, 1.82) is 0 Å². The Morgan fingerprint density at radius 3 is 2.54 bits per heavy atom. The Bertz CT molecular complexity index is 892. The quantitative estimate of drug-likeness (QED) is 0.550. The number of hydrogen-bond acceptors (Lipinski definition) is 2. The van der Waals surface area contributed by atoms with Gasteiger partial charge in [-0.15, -0.1) is 0 Å². The molecule has 0 aliphatic heterocycles. The van der Waals surface area contributed by atoms with Crippen molar-refractivity contribution in [2.45, 2.75) is 20.3 Å². The molecule has 5 heteroatoms. The van der Waals surface area contributed by atoms with E-state index in [9.17, 15) is 4.79 Å². The SMILES string of the molecule is Cc1cc(C)cc(-c2[nH]c3ccc(N)cc3c2CCNC(=O)O)c1. The Hall–Kier alpha value is -2.95. The zero-order chi connectivity index (χ0) is 17.3. The number of H-pyrrole nitrogens is 1. The number of aryl methyl sites for hydroxylation is 2. The third-order valence-corrected chi connectivity index (χ3v) is 4.09. The molecule has 0 aliphatic carbocycles. The first-order valence-electron chi connectivity index (χ1n) is 7.89. The van der Waals surface area contributed by atoms with Crippen LogP contribution >= 0.6 is 0 Å². The Labute approximate surface area is 140 Å². The minimum Gasteiger partial charge on any atom is -0.465 e. The number of anilines is 1. The van der Waals surface area contributed by atoms with Gasteiger partial charge in [0.1, 0.15) is 0 Å². The number of fused-ring (bicyclic) bond motifs is 1. The predicted molar refractivity (Wildman–Crippen MR) is 97.4 cm³/mol. The van der Waals surface area contributed by atoms with Crippen molar-refractivity contribution in [1.82, 2.24) is 10.3 Å². The summed E-state index contributed by atoms with van der Waals surface area (Å²) in [6.07, 6.45) is -0.416. The Morgan fingerprint density at radius 1 is 1.17 bits per heavy atom. The van der Waals surface area contributed by atoms with E-state index in [-0.39, 0.29) is 0 Å². The molecule has 5 N–H and O–H groups in total. The number of carboxylic acid groups (broad SMARTS) is 1. The number of aromatic amines is 1. The smallest absolute Gasteiger partial charge is 0.404 e. The Morgan fingerprint density at radius 2 is 1.88 bits per heavy atom. The number of benzene rings is 2. The molecule has 0 saturated carbocycles. The molecule has 3 aromatic rings. The molecule has 1 heterocycles. The van der Waals surface area contributed by atoms with Crippen LogP contribution < -0.4 is 11.1 Å². The van der Waals surface area contributed by atoms with E-state index >= 15 is 0 Å². The van der Waals surface area contributed by atoms with Gasteiger partial charge in [0.05, 0.1) is 0 Å². The minimum absolute atomic E-state index is 0.356. The summed E-state index contributed by atoms with van der Waals surface area (Å²) in [7, 11) is 0. The van der Waals surface area contributed by atoms with E-state index in [0.29, 0.717) is 18.7 Å². The van der Waals surface area contributed by atoms with Crippen LogP contribution in [0.5, 0.6) is 0 Å². The maximum atomic E-state index is 10.8. The molecule has 0 saturated heterocycles. The molecular formula is C19H21N3O2. The van der Waals surface area contributed by atoms with Crippen LogP contribution in [-0.2, 0) is 6.42 Å². The summed E-state index contributed by atoms with van der Waals surface area (Å²) >= 11 is 0. The van der Waals surface area contributed by atoms with Crippen molar-refractivity contribution in [2.75, 3.05) is 12.3 Å². The van der Waals surface area contributed by atoms with Crippen LogP contribution in [-0.4, -0.2) is 22.7 Å². The fraction of sp³-hybridized carbons (Fsp3) is 0.211. The van der Waals surface area contributed by atoms with Crippen LogP contribution in [0.25, 0.3) is 22.2 Å². The lowest BCUT2D eigenvalue weighted by Crippen LogP contribution is -2.23. The van der Waals surface area contributed by atoms with E-state index in [4.69, 9.17) is 10.8 Å². The number of amides is 1. The van der Waals surface area contributed by atoms with Gasteiger partial charge in [-0.05, 0) is 61.7 Å². The average Bonchev–Trinajstić information content (AvgIpc) is 2.84. The van der Waals surface area contributed by atoms with Gasteiger partial charge >= 0.3 is 6.09 Å². The van der Waals surface area contributed by atoms with Gasteiger partial charge in [-0.3, -0.25) is 0 Å². The van der Waals surface area contributed by atoms with Crippen LogP contribution in [0.15, 0.2) is 36.4 Å². The second kappa shape index (κ2) is 6.28. The Kier molecular flexibility index (Phi) is 4.16. The monoisotopic (exact) mass is 323 g/mol. The van der Waals surface area contributed by atoms with Crippen LogP contribution in [0.4, 0.5) is 10.5 Å². The minimum atomic E-state index is -1.01. The van der Waals surface area contributed by atoms with E-state index in [2.05, 4.69) is 42.3 Å². The van der Waals surface area contributed by atoms with E-state index in [0.717, 1.165) is 27.7 Å². The number of nitrogens with one attached hydrogen (secondary N) is 2. The van der Waals surface area contributed by atoms with Crippen molar-refractivity contribution in [3.63, 3.8) is 0 Å². The number of carbonyl (C=O) groups is 1. The molecule has 0 bridgehead atoms. The second-order valence-electron chi connectivity index (χ2n) is 6.14. The summed E-state index contributed by atoms with van der Waals surface area (Å²) in [5, 5.41) is 12.3. The molecule has 0 unspecified atom stereocenters. The number of nitrogens with two attached hydrogens (primary N) is 1. The lowest BCUT2D eigenvalue weighted by Gasteiger charge is -2.08. The third-order valence-electron chi connectivity index (χ3n) is 4.09. The molecule has 5 nitrogen and oxygen atoms in total. The summed E-state index contributed by atoms with van der Waals surface area (Å²) in [6.45, 7) is 4.50. The molecule has 0 aliphatic rings. The zero-order valence-corrected chi connectivity index (χ0v) is 13.8. The van der Waals surface area contributed by atoms with Crippen molar-refractivity contribution >= 4 is 22.7 Å². The van der Waals surface area contributed by atoms with Gasteiger partial charge in [-0.25, -0.2) is 4.79 Å². The predicted octanol–water partition coefficient (Wildman–Crippen LogP) is 3.84. The van der Waals surface area contributed by atoms with E-state index in [1.807, 2.05) is 18.2 Å². The normalized spacial score (nSPS) is 10.9. The zero-order valence-electron chi connectivity index (χ0n) is 13.8. The molecule has 0 radical (unpaired) electrons. The van der Waals surface area contributed by atoms with Crippen molar-refractivity contribution in [3.05, 3.63) is 53.1 Å². The maximum absolute atomic E-state index is 10.8. The summed E-state index contributed by atoms with van der Waals surface area (Å²) in [6, 6.07) is 12.2. The first kappa shape index (κ1) is 15.9. The van der Waals surface area contributed by atoms with Gasteiger partial charge in [0, 0.05) is 28.8 Å². The van der Waals surface area contributed by atoms with Crippen LogP contribution in [0.2, 0.25) is 0 Å². The molecule has 0 spiro atoms. The number of nitrogen functional groups attached to an aromatic ring is 1. The summed E-state index contributed by atoms with van der Waals surface area (Å²) in [5.41, 5.74) is 13.2. The molecular weight excluding hydrogens is 302 g/mol. The molecule has 1 amide bonds. The largest absolute Gasteiger partial charge is 0.465 e. The Balaban J connectivity index is 2.12. The molecule has 3 rings (SSSR count). The van der Waals surface area contributed by atoms with Gasteiger partial charge < -0.3 is 21.1 Å². The van der Waals surface area contributed by atoms with Gasteiger partial charge in [-0.1, -0.05) is 17.2 Å². The molecule has 0 atom stereocenters. The third kappa shape index (κ3) is 3.20. The summed E-state index contributed by atoms with van der Waals surface area (Å²) < 4.78 is 0. The topological polar surface area (TPSA) is 91.1 Å². The highest BCUT2D eigenvalue weighted by atomic mass is 16.4. The van der Waals surface area contributed by atoms with Crippen LogP contribution in [0.3, 0.4) is 0 Å². The molecule has 0 fully saturated rings. The van der Waals surface area contributed by atoms with Crippen molar-refractivity contribution < 1.29 is 9.90 Å². The maximum Gasteiger partial charge on any atom is 0.404 e. The molecule has 124 valence electrons. The highest BCUT2D eigenvalue weighted by molar-refractivity contribution is 5.93. The highest BCUT2D eigenvalue weighted by Crippen LogP contribution is 2.32. The van der Waals surface area contributed by atoms with E-state index in [1.165, 1.54) is 11.1 Å². The van der Waals surface area contributed by atoms with E-state index in [1.54, 1.807) is 0 Å². The van der Waals surface area contributed by atoms with Crippen molar-refractivity contribution in [3.8, 4) is 11.3 Å². The number of aromatic nitrogens is 1. The lowest BCUT2D eigenvalue weighted by molar-refractivity contribution is 0.194. The average molecular weight is 323 g/mol. The molecule has 24 heavy (non-hydrogen) atoms. The van der Waals surface area contributed by atoms with Crippen LogP contribution in [0, 0.1) is 13.8 Å². The van der Waals surface area contributed by atoms with Gasteiger partial charge in [0.15, 0.2) is 0 Å². The number of hydrogen-bond donors (Lipinski definition) is 4. The van der Waals surface area contributed by atoms with Gasteiger partial charge in [0.25, 0.3) is 0 Å². The van der Waals surface area contributed by atoms with Gasteiger partial charge in [0.2, 0.25) is 0 Å². The standard InChI is InChI=1S/C19H21N3O2/c1-11-7-12(2)9-13(8-11)18-15(5-6-21-19(23)24)16-10-14(20)3-4-17(16)22-18/h3-4,7-10,21-22H,5-6,20H2,1-2H3,(H,23,24). The van der Waals surface area contributed by atoms with Crippen LogP contribution in [0.1, 0.15) is 16.7 Å². The summed E-state index contributed by atoms with van der Waals surface area (Å²) in [4.78, 5) is 14.2. The summed E-state index contributed by atoms with van der Waals surface area (Å²) in [5.74, 6) is 0. The fourth-order valence-electron chi connectivity index (χ4n) is 3.18. The second-order valence-corrected chi connectivity index (χ2v) is 6.14. The lowest BCUT2D eigenvalue weighted by atomic mass is 9.99. The molecule has 1 aromatic heterocycles. The van der Waals surface area contributed by atoms with Gasteiger partial charge in [-0.2, -0.15) is 0 Å².